The SMILES string of the molecule is C[C@@H]1[C@@H]([Si](C)(C)O)[C@H](CC(=O)N2CCC[C@H]2CO)O[C@@]12C(=O)N(Cc1ccc(I)cc1)c1ccc(I)cc12. The summed E-state index contributed by atoms with van der Waals surface area (Å²) in [6, 6.07) is 14.0. The number of aliphatic hydroxyl groups is 1. The quantitative estimate of drug-likeness (QED) is 0.332. The lowest BCUT2D eigenvalue weighted by atomic mass is 9.82. The van der Waals surface area contributed by atoms with Crippen LogP contribution in [0.4, 0.5) is 5.69 Å². The van der Waals surface area contributed by atoms with Gasteiger partial charge in [0.2, 0.25) is 5.91 Å². The molecule has 0 unspecified atom stereocenters. The molecule has 3 aliphatic heterocycles. The summed E-state index contributed by atoms with van der Waals surface area (Å²) in [5, 5.41) is 9.76. The molecule has 2 saturated heterocycles. The van der Waals surface area contributed by atoms with Gasteiger partial charge in [0.05, 0.1) is 37.4 Å². The van der Waals surface area contributed by atoms with Gasteiger partial charge in [0, 0.05) is 30.7 Å². The average molecular weight is 760 g/mol. The minimum absolute atomic E-state index is 0.0565. The number of aliphatic hydroxyl groups excluding tert-OH is 1. The fraction of sp³-hybridized carbons (Fsp3) is 0.500. The lowest BCUT2D eigenvalue weighted by molar-refractivity contribution is -0.150. The Morgan fingerprint density at radius 2 is 1.84 bits per heavy atom. The number of nitrogens with zero attached hydrogens (tertiary/aromatic N) is 2. The van der Waals surface area contributed by atoms with E-state index in [1.165, 1.54) is 0 Å². The molecular weight excluding hydrogens is 726 g/mol. The highest BCUT2D eigenvalue weighted by atomic mass is 127. The second-order valence-electron chi connectivity index (χ2n) is 11.3. The maximum Gasteiger partial charge on any atom is 0.264 e. The highest BCUT2D eigenvalue weighted by molar-refractivity contribution is 14.1. The zero-order valence-electron chi connectivity index (χ0n) is 21.9. The molecule has 2 fully saturated rings. The Balaban J connectivity index is 1.53. The Kier molecular flexibility index (Phi) is 8.04. The van der Waals surface area contributed by atoms with Crippen molar-refractivity contribution in [3.8, 4) is 0 Å². The molecule has 1 spiro atoms. The predicted molar refractivity (Wildman–Crippen MR) is 165 cm³/mol. The Labute approximate surface area is 252 Å². The Bertz CT molecular complexity index is 1240. The molecule has 38 heavy (non-hydrogen) atoms. The van der Waals surface area contributed by atoms with E-state index < -0.39 is 20.0 Å². The molecule has 3 heterocycles. The fourth-order valence-electron chi connectivity index (χ4n) is 6.82. The van der Waals surface area contributed by atoms with Crippen LogP contribution in [0.2, 0.25) is 18.6 Å². The van der Waals surface area contributed by atoms with E-state index in [9.17, 15) is 19.5 Å². The molecule has 3 aliphatic rings. The molecule has 0 bridgehead atoms. The monoisotopic (exact) mass is 760 g/mol. The van der Waals surface area contributed by atoms with Gasteiger partial charge in [-0.25, -0.2) is 0 Å². The van der Waals surface area contributed by atoms with E-state index in [4.69, 9.17) is 4.74 Å². The van der Waals surface area contributed by atoms with Gasteiger partial charge in [0.15, 0.2) is 13.9 Å². The third-order valence-corrected chi connectivity index (χ3v) is 12.4. The van der Waals surface area contributed by atoms with Gasteiger partial charge in [-0.3, -0.25) is 9.59 Å². The summed E-state index contributed by atoms with van der Waals surface area (Å²) in [4.78, 5) is 42.9. The molecule has 0 radical (unpaired) electrons. The van der Waals surface area contributed by atoms with Gasteiger partial charge in [0.1, 0.15) is 0 Å². The summed E-state index contributed by atoms with van der Waals surface area (Å²) < 4.78 is 8.94. The number of fused-ring (bicyclic) bond motifs is 2. The van der Waals surface area contributed by atoms with E-state index in [2.05, 4.69) is 45.2 Å². The normalized spacial score (nSPS) is 29.0. The highest BCUT2D eigenvalue weighted by Gasteiger charge is 2.66. The van der Waals surface area contributed by atoms with Crippen molar-refractivity contribution in [2.24, 2.45) is 5.92 Å². The molecule has 0 aliphatic carbocycles. The first kappa shape index (κ1) is 28.5. The van der Waals surface area contributed by atoms with Crippen LogP contribution in [0, 0.1) is 13.1 Å². The first-order chi connectivity index (χ1) is 18.0. The molecule has 5 atom stereocenters. The van der Waals surface area contributed by atoms with Crippen LogP contribution in [0.1, 0.15) is 37.3 Å². The lowest BCUT2D eigenvalue weighted by Crippen LogP contribution is -2.46. The van der Waals surface area contributed by atoms with Crippen molar-refractivity contribution in [1.82, 2.24) is 4.90 Å². The zero-order chi connectivity index (χ0) is 27.4. The Hall–Kier alpha value is -1.06. The number of halogens is 2. The maximum atomic E-state index is 14.4. The number of carbonyl (C=O) groups excluding carboxylic acids is 2. The molecule has 204 valence electrons. The van der Waals surface area contributed by atoms with E-state index in [1.54, 1.807) is 9.80 Å². The van der Waals surface area contributed by atoms with E-state index in [0.29, 0.717) is 13.1 Å². The molecule has 2 aromatic rings. The van der Waals surface area contributed by atoms with Gasteiger partial charge in [-0.2, -0.15) is 0 Å². The molecule has 7 nitrogen and oxygen atoms in total. The Morgan fingerprint density at radius 1 is 1.16 bits per heavy atom. The van der Waals surface area contributed by atoms with Crippen molar-refractivity contribution in [2.75, 3.05) is 18.1 Å². The second kappa shape index (κ2) is 10.7. The smallest absolute Gasteiger partial charge is 0.264 e. The number of ether oxygens (including phenoxy) is 1. The van der Waals surface area contributed by atoms with Crippen LogP contribution in [-0.2, 0) is 26.5 Å². The third kappa shape index (κ3) is 4.87. The molecule has 0 aromatic heterocycles. The molecule has 0 saturated carbocycles. The van der Waals surface area contributed by atoms with Crippen LogP contribution in [0.15, 0.2) is 42.5 Å². The summed E-state index contributed by atoms with van der Waals surface area (Å²) in [6.07, 6.45) is 1.16. The summed E-state index contributed by atoms with van der Waals surface area (Å²) in [7, 11) is -2.86. The number of hydrogen-bond acceptors (Lipinski definition) is 5. The molecule has 2 aromatic carbocycles. The number of carbonyl (C=O) groups is 2. The summed E-state index contributed by atoms with van der Waals surface area (Å²) in [6.45, 7) is 6.73. The van der Waals surface area contributed by atoms with Crippen LogP contribution in [-0.4, -0.2) is 60.2 Å². The standard InChI is InChI=1S/C28H34I2N2O5Si/c1-17-26(38(2,3)36)24(14-25(34)31-12-4-5-21(31)16-33)37-28(17)22-13-20(30)10-11-23(22)32(27(28)35)15-18-6-8-19(29)9-7-18/h6-11,13,17,21,24,26,33,36H,4-5,12,14-16H2,1-3H3/t17-,21+,24+,26-,28+/m1/s1. The van der Waals surface area contributed by atoms with Crippen molar-refractivity contribution in [1.29, 1.82) is 0 Å². The number of benzene rings is 2. The van der Waals surface area contributed by atoms with E-state index >= 15 is 0 Å². The van der Waals surface area contributed by atoms with Gasteiger partial charge >= 0.3 is 0 Å². The lowest BCUT2D eigenvalue weighted by Gasteiger charge is -2.32. The van der Waals surface area contributed by atoms with E-state index in [0.717, 1.165) is 36.8 Å². The zero-order valence-corrected chi connectivity index (χ0v) is 27.2. The van der Waals surface area contributed by atoms with Crippen molar-refractivity contribution >= 4 is 71.0 Å². The number of rotatable bonds is 6. The number of hydrogen-bond donors (Lipinski definition) is 2. The Morgan fingerprint density at radius 3 is 2.50 bits per heavy atom. The first-order valence-electron chi connectivity index (χ1n) is 13.1. The van der Waals surface area contributed by atoms with Crippen LogP contribution < -0.4 is 4.90 Å². The maximum absolute atomic E-state index is 14.4. The predicted octanol–water partition coefficient (Wildman–Crippen LogP) is 4.61. The second-order valence-corrected chi connectivity index (χ2v) is 17.8. The summed E-state index contributed by atoms with van der Waals surface area (Å²) in [5.74, 6) is -0.526. The minimum atomic E-state index is -2.86. The molecule has 10 heteroatoms. The van der Waals surface area contributed by atoms with Crippen molar-refractivity contribution in [2.45, 2.75) is 69.1 Å². The summed E-state index contributed by atoms with van der Waals surface area (Å²) >= 11 is 4.53. The average Bonchev–Trinajstić information content (AvgIpc) is 3.51. The van der Waals surface area contributed by atoms with E-state index in [1.807, 2.05) is 62.5 Å². The van der Waals surface area contributed by atoms with Crippen molar-refractivity contribution < 1.29 is 24.2 Å². The fourth-order valence-corrected chi connectivity index (χ4v) is 10.2. The highest BCUT2D eigenvalue weighted by Crippen LogP contribution is 2.60. The van der Waals surface area contributed by atoms with Gasteiger partial charge in [-0.1, -0.05) is 19.1 Å². The van der Waals surface area contributed by atoms with Crippen LogP contribution in [0.5, 0.6) is 0 Å². The number of likely N-dealkylation sites (tertiary alicyclic amines) is 1. The topological polar surface area (TPSA) is 90.3 Å². The molecular formula is C28H34I2N2O5Si. The van der Waals surface area contributed by atoms with E-state index in [-0.39, 0.29) is 42.3 Å². The van der Waals surface area contributed by atoms with Gasteiger partial charge < -0.3 is 24.4 Å². The van der Waals surface area contributed by atoms with Crippen molar-refractivity contribution in [3.05, 3.63) is 60.7 Å². The molecule has 5 rings (SSSR count). The molecule has 2 N–H and O–H groups in total. The van der Waals surface area contributed by atoms with Gasteiger partial charge in [-0.05, 0) is 107 Å². The van der Waals surface area contributed by atoms with Crippen LogP contribution in [0.25, 0.3) is 0 Å². The van der Waals surface area contributed by atoms with Crippen molar-refractivity contribution in [3.63, 3.8) is 0 Å². The van der Waals surface area contributed by atoms with Gasteiger partial charge in [0.25, 0.3) is 5.91 Å². The van der Waals surface area contributed by atoms with Crippen LogP contribution in [0.3, 0.4) is 0 Å². The largest absolute Gasteiger partial charge is 0.432 e. The number of anilines is 1. The first-order valence-corrected chi connectivity index (χ1v) is 18.3. The third-order valence-electron chi connectivity index (χ3n) is 8.48. The molecule has 2 amide bonds. The van der Waals surface area contributed by atoms with Gasteiger partial charge in [-0.15, -0.1) is 0 Å². The number of amides is 2. The summed E-state index contributed by atoms with van der Waals surface area (Å²) in [5.41, 5.74) is 1.09. The minimum Gasteiger partial charge on any atom is -0.432 e. The van der Waals surface area contributed by atoms with Crippen LogP contribution >= 0.6 is 45.2 Å².